The molecular weight excluding hydrogens is 294 g/mol. The highest BCUT2D eigenvalue weighted by Crippen LogP contribution is 2.31. The molecule has 3 rings (SSSR count). The quantitative estimate of drug-likeness (QED) is 0.699. The van der Waals surface area contributed by atoms with E-state index in [9.17, 15) is 0 Å². The van der Waals surface area contributed by atoms with Gasteiger partial charge in [-0.2, -0.15) is 9.36 Å². The van der Waals surface area contributed by atoms with Gasteiger partial charge in [-0.1, -0.05) is 6.92 Å². The lowest BCUT2D eigenvalue weighted by atomic mass is 10.5. The first kappa shape index (κ1) is 13.3. The Hall–Kier alpha value is -1.74. The van der Waals surface area contributed by atoms with Crippen LogP contribution < -0.4 is 5.32 Å². The van der Waals surface area contributed by atoms with Crippen LogP contribution in [0.2, 0.25) is 0 Å². The minimum Gasteiger partial charge on any atom is -0.354 e. The molecule has 9 heteroatoms. The molecule has 20 heavy (non-hydrogen) atoms. The van der Waals surface area contributed by atoms with Crippen molar-refractivity contribution in [1.29, 1.82) is 0 Å². The summed E-state index contributed by atoms with van der Waals surface area (Å²) in [6.45, 7) is 4.81. The van der Waals surface area contributed by atoms with Crippen LogP contribution in [0.3, 0.4) is 0 Å². The number of H-pyrrole nitrogens is 1. The van der Waals surface area contributed by atoms with Gasteiger partial charge in [0.2, 0.25) is 5.95 Å². The third-order valence-electron chi connectivity index (χ3n) is 2.54. The zero-order chi connectivity index (χ0) is 13.9. The lowest BCUT2D eigenvalue weighted by Crippen LogP contribution is -2.03. The van der Waals surface area contributed by atoms with Crippen LogP contribution in [0.15, 0.2) is 15.7 Å². The lowest BCUT2D eigenvalue weighted by Gasteiger charge is -2.04. The average Bonchev–Trinajstić information content (AvgIpc) is 3.07. The van der Waals surface area contributed by atoms with Crippen molar-refractivity contribution in [2.24, 2.45) is 0 Å². The summed E-state index contributed by atoms with van der Waals surface area (Å²) in [4.78, 5) is 20.5. The monoisotopic (exact) mass is 307 g/mol. The van der Waals surface area contributed by atoms with Crippen molar-refractivity contribution in [3.63, 3.8) is 0 Å². The van der Waals surface area contributed by atoms with E-state index in [-0.39, 0.29) is 0 Å². The zero-order valence-electron chi connectivity index (χ0n) is 11.0. The highest BCUT2D eigenvalue weighted by molar-refractivity contribution is 8.01. The number of aromatic nitrogens is 6. The Morgan fingerprint density at radius 2 is 2.20 bits per heavy atom. The molecule has 0 amide bonds. The first-order valence-corrected chi connectivity index (χ1v) is 7.84. The maximum atomic E-state index is 4.50. The first-order chi connectivity index (χ1) is 9.80. The molecular formula is C11H13N7S2. The van der Waals surface area contributed by atoms with Crippen LogP contribution in [-0.2, 0) is 6.42 Å². The van der Waals surface area contributed by atoms with Crippen molar-refractivity contribution < 1.29 is 0 Å². The van der Waals surface area contributed by atoms with Gasteiger partial charge in [0.15, 0.2) is 9.99 Å². The Bertz CT molecular complexity index is 720. The smallest absolute Gasteiger partial charge is 0.225 e. The van der Waals surface area contributed by atoms with Gasteiger partial charge in [0.1, 0.15) is 16.4 Å². The molecule has 3 aromatic rings. The molecule has 0 unspecified atom stereocenters. The van der Waals surface area contributed by atoms with Gasteiger partial charge in [-0.15, -0.1) is 0 Å². The molecule has 104 valence electrons. The van der Waals surface area contributed by atoms with E-state index in [4.69, 9.17) is 0 Å². The van der Waals surface area contributed by atoms with Crippen molar-refractivity contribution in [1.82, 2.24) is 29.3 Å². The van der Waals surface area contributed by atoms with E-state index in [0.717, 1.165) is 33.7 Å². The molecule has 2 N–H and O–H groups in total. The Morgan fingerprint density at radius 1 is 1.30 bits per heavy atom. The van der Waals surface area contributed by atoms with E-state index in [1.54, 1.807) is 6.33 Å². The normalized spacial score (nSPS) is 11.1. The molecule has 0 atom stereocenters. The van der Waals surface area contributed by atoms with E-state index in [0.29, 0.717) is 11.6 Å². The van der Waals surface area contributed by atoms with E-state index < -0.39 is 0 Å². The lowest BCUT2D eigenvalue weighted by molar-refractivity contribution is 0.969. The predicted octanol–water partition coefficient (Wildman–Crippen LogP) is 2.35. The van der Waals surface area contributed by atoms with Gasteiger partial charge in [-0.3, -0.25) is 0 Å². The van der Waals surface area contributed by atoms with E-state index in [1.807, 2.05) is 13.8 Å². The summed E-state index contributed by atoms with van der Waals surface area (Å²) in [5, 5.41) is 3.92. The summed E-state index contributed by atoms with van der Waals surface area (Å²) in [6, 6.07) is 0. The summed E-state index contributed by atoms with van der Waals surface area (Å²) in [5.41, 5.74) is 1.48. The molecule has 0 saturated heterocycles. The van der Waals surface area contributed by atoms with Gasteiger partial charge in [0, 0.05) is 13.0 Å². The van der Waals surface area contributed by atoms with Crippen LogP contribution in [0.1, 0.15) is 19.7 Å². The summed E-state index contributed by atoms with van der Waals surface area (Å²) >= 11 is 2.87. The van der Waals surface area contributed by atoms with Gasteiger partial charge in [0.05, 0.1) is 6.33 Å². The van der Waals surface area contributed by atoms with Gasteiger partial charge >= 0.3 is 0 Å². The van der Waals surface area contributed by atoms with Crippen molar-refractivity contribution in [2.45, 2.75) is 29.6 Å². The number of aromatic amines is 1. The minimum atomic E-state index is 0.579. The van der Waals surface area contributed by atoms with E-state index in [1.165, 1.54) is 23.3 Å². The van der Waals surface area contributed by atoms with Gasteiger partial charge < -0.3 is 10.3 Å². The number of rotatable bonds is 5. The number of nitrogens with one attached hydrogen (secondary N) is 2. The Balaban J connectivity index is 1.98. The molecule has 0 bridgehead atoms. The Morgan fingerprint density at radius 3 is 2.95 bits per heavy atom. The zero-order valence-corrected chi connectivity index (χ0v) is 12.7. The fourth-order valence-electron chi connectivity index (χ4n) is 1.62. The molecule has 3 aromatic heterocycles. The maximum absolute atomic E-state index is 4.50. The summed E-state index contributed by atoms with van der Waals surface area (Å²) in [7, 11) is 0. The van der Waals surface area contributed by atoms with Gasteiger partial charge in [-0.05, 0) is 30.2 Å². The predicted molar refractivity (Wildman–Crippen MR) is 79.3 cm³/mol. The Labute approximate surface area is 123 Å². The molecule has 7 nitrogen and oxygen atoms in total. The number of nitrogens with zero attached hydrogens (tertiary/aromatic N) is 5. The second-order valence-corrected chi connectivity index (χ2v) is 5.90. The molecule has 3 heterocycles. The Kier molecular flexibility index (Phi) is 3.79. The molecule has 0 aliphatic heterocycles. The number of anilines is 1. The largest absolute Gasteiger partial charge is 0.354 e. The summed E-state index contributed by atoms with van der Waals surface area (Å²) in [6.07, 6.45) is 2.46. The molecule has 0 spiro atoms. The standard InChI is InChI=1S/C11H13N7S2/c1-3-6-15-11(20-18-6)19-9-7-8(14-5-13-7)16-10(17-9)12-4-2/h5H,3-4H2,1-2H3,(H2,12,13,14,16,17). The first-order valence-electron chi connectivity index (χ1n) is 6.25. The van der Waals surface area contributed by atoms with Crippen molar-refractivity contribution in [3.8, 4) is 0 Å². The van der Waals surface area contributed by atoms with Crippen LogP contribution in [0.25, 0.3) is 11.2 Å². The molecule has 0 aliphatic rings. The van der Waals surface area contributed by atoms with E-state index >= 15 is 0 Å². The van der Waals surface area contributed by atoms with Crippen LogP contribution in [-0.4, -0.2) is 35.8 Å². The third-order valence-corrected chi connectivity index (χ3v) is 4.31. The van der Waals surface area contributed by atoms with E-state index in [2.05, 4.69) is 34.6 Å². The number of hydrogen-bond donors (Lipinski definition) is 2. The third kappa shape index (κ3) is 2.59. The molecule has 0 aliphatic carbocycles. The van der Waals surface area contributed by atoms with Crippen molar-refractivity contribution in [2.75, 3.05) is 11.9 Å². The highest BCUT2D eigenvalue weighted by Gasteiger charge is 2.13. The van der Waals surface area contributed by atoms with Crippen LogP contribution >= 0.6 is 23.3 Å². The minimum absolute atomic E-state index is 0.579. The number of fused-ring (bicyclic) bond motifs is 1. The molecule has 0 fully saturated rings. The fraction of sp³-hybridized carbons (Fsp3) is 0.364. The molecule has 0 aromatic carbocycles. The second kappa shape index (κ2) is 5.71. The molecule has 0 radical (unpaired) electrons. The SMILES string of the molecule is CCNc1nc(Sc2nc(CC)ns2)c2[nH]cnc2n1. The van der Waals surface area contributed by atoms with Crippen LogP contribution in [0, 0.1) is 0 Å². The van der Waals surface area contributed by atoms with Crippen molar-refractivity contribution >= 4 is 40.4 Å². The van der Waals surface area contributed by atoms with Crippen molar-refractivity contribution in [3.05, 3.63) is 12.2 Å². The number of imidazole rings is 1. The van der Waals surface area contributed by atoms with Gasteiger partial charge in [0.25, 0.3) is 0 Å². The number of hydrogen-bond acceptors (Lipinski definition) is 8. The fourth-order valence-corrected chi connectivity index (χ4v) is 3.32. The van der Waals surface area contributed by atoms with Crippen LogP contribution in [0.5, 0.6) is 0 Å². The topological polar surface area (TPSA) is 92.3 Å². The average molecular weight is 307 g/mol. The second-order valence-electron chi connectivity index (χ2n) is 3.92. The van der Waals surface area contributed by atoms with Crippen LogP contribution in [0.4, 0.5) is 5.95 Å². The highest BCUT2D eigenvalue weighted by atomic mass is 32.2. The maximum Gasteiger partial charge on any atom is 0.225 e. The summed E-state index contributed by atoms with van der Waals surface area (Å²) in [5.74, 6) is 1.44. The summed E-state index contributed by atoms with van der Waals surface area (Å²) < 4.78 is 5.16. The molecule has 0 saturated carbocycles. The van der Waals surface area contributed by atoms with Gasteiger partial charge in [-0.25, -0.2) is 15.0 Å². The number of aryl methyl sites for hydroxylation is 1.